The third kappa shape index (κ3) is 6.33. The molecule has 27 heavy (non-hydrogen) atoms. The van der Waals surface area contributed by atoms with E-state index in [2.05, 4.69) is 5.32 Å². The lowest BCUT2D eigenvalue weighted by atomic mass is 10.2. The van der Waals surface area contributed by atoms with Crippen LogP contribution in [-0.2, 0) is 4.79 Å². The summed E-state index contributed by atoms with van der Waals surface area (Å²) in [5.74, 6) is 1.04. The van der Waals surface area contributed by atoms with E-state index in [1.807, 2.05) is 38.1 Å². The zero-order valence-electron chi connectivity index (χ0n) is 16.0. The first-order valence-corrected chi connectivity index (χ1v) is 8.94. The number of nitrogens with one attached hydrogen (secondary N) is 1. The summed E-state index contributed by atoms with van der Waals surface area (Å²) < 4.78 is 11.0. The van der Waals surface area contributed by atoms with E-state index in [1.54, 1.807) is 31.3 Å². The second kappa shape index (κ2) is 10.2. The maximum absolute atomic E-state index is 12.2. The molecular formula is C21H26N2O4. The third-order valence-electron chi connectivity index (χ3n) is 4.03. The molecule has 2 amide bonds. The van der Waals surface area contributed by atoms with Gasteiger partial charge in [0.25, 0.3) is 5.91 Å². The van der Waals surface area contributed by atoms with Crippen LogP contribution in [0.15, 0.2) is 48.5 Å². The lowest BCUT2D eigenvalue weighted by Gasteiger charge is -2.18. The Morgan fingerprint density at radius 2 is 1.74 bits per heavy atom. The second-order valence-electron chi connectivity index (χ2n) is 6.07. The highest BCUT2D eigenvalue weighted by molar-refractivity contribution is 5.96. The lowest BCUT2D eigenvalue weighted by Crippen LogP contribution is -2.39. The quantitative estimate of drug-likeness (QED) is 0.737. The lowest BCUT2D eigenvalue weighted by molar-refractivity contribution is -0.129. The summed E-state index contributed by atoms with van der Waals surface area (Å²) in [5, 5.41) is 2.64. The van der Waals surface area contributed by atoms with Gasteiger partial charge in [-0.25, -0.2) is 0 Å². The van der Waals surface area contributed by atoms with E-state index < -0.39 is 0 Å². The molecule has 144 valence electrons. The van der Waals surface area contributed by atoms with E-state index in [4.69, 9.17) is 9.47 Å². The fraction of sp³-hybridized carbons (Fsp3) is 0.333. The summed E-state index contributed by atoms with van der Waals surface area (Å²) in [7, 11) is 1.69. The smallest absolute Gasteiger partial charge is 0.251 e. The largest absolute Gasteiger partial charge is 0.494 e. The number of nitrogens with zero attached hydrogens (tertiary/aromatic N) is 1. The molecule has 0 radical (unpaired) electrons. The number of carbonyl (C=O) groups is 2. The van der Waals surface area contributed by atoms with Gasteiger partial charge in [0.1, 0.15) is 18.1 Å². The van der Waals surface area contributed by atoms with Crippen molar-refractivity contribution in [3.05, 3.63) is 59.7 Å². The number of carbonyl (C=O) groups excluding carboxylic acids is 2. The first-order valence-electron chi connectivity index (χ1n) is 8.94. The number of ether oxygens (including phenoxy) is 2. The molecule has 0 heterocycles. The van der Waals surface area contributed by atoms with Crippen molar-refractivity contribution < 1.29 is 19.1 Å². The van der Waals surface area contributed by atoms with Gasteiger partial charge in [-0.1, -0.05) is 18.2 Å². The molecular weight excluding hydrogens is 344 g/mol. The summed E-state index contributed by atoms with van der Waals surface area (Å²) in [6.07, 6.45) is 0. The van der Waals surface area contributed by atoms with Crippen LogP contribution < -0.4 is 14.8 Å². The maximum atomic E-state index is 12.2. The first-order chi connectivity index (χ1) is 13.0. The fourth-order valence-electron chi connectivity index (χ4n) is 2.40. The zero-order valence-corrected chi connectivity index (χ0v) is 16.0. The van der Waals surface area contributed by atoms with E-state index >= 15 is 0 Å². The maximum Gasteiger partial charge on any atom is 0.251 e. The fourth-order valence-corrected chi connectivity index (χ4v) is 2.40. The Labute approximate surface area is 160 Å². The van der Waals surface area contributed by atoms with Gasteiger partial charge < -0.3 is 19.7 Å². The minimum Gasteiger partial charge on any atom is -0.494 e. The van der Waals surface area contributed by atoms with Crippen LogP contribution in [-0.4, -0.2) is 50.1 Å². The molecule has 6 nitrogen and oxygen atoms in total. The second-order valence-corrected chi connectivity index (χ2v) is 6.07. The van der Waals surface area contributed by atoms with E-state index in [0.717, 1.165) is 11.3 Å². The minimum absolute atomic E-state index is 0.0626. The molecule has 2 aromatic carbocycles. The van der Waals surface area contributed by atoms with Gasteiger partial charge in [-0.2, -0.15) is 0 Å². The van der Waals surface area contributed by atoms with Crippen LogP contribution >= 0.6 is 0 Å². The SMILES string of the molecule is CCOc1ccc(C(=O)NCC(=O)N(C)CCOc2ccccc2C)cc1. The molecule has 6 heteroatoms. The van der Waals surface area contributed by atoms with Crippen LogP contribution in [0.5, 0.6) is 11.5 Å². The molecule has 0 atom stereocenters. The zero-order chi connectivity index (χ0) is 19.6. The van der Waals surface area contributed by atoms with E-state index in [1.165, 1.54) is 4.90 Å². The average Bonchev–Trinajstić information content (AvgIpc) is 2.68. The molecule has 0 spiro atoms. The van der Waals surface area contributed by atoms with Crippen molar-refractivity contribution in [3.63, 3.8) is 0 Å². The topological polar surface area (TPSA) is 67.9 Å². The molecule has 0 saturated carbocycles. The standard InChI is InChI=1S/C21H26N2O4/c1-4-26-18-11-9-17(10-12-18)21(25)22-15-20(24)23(3)13-14-27-19-8-6-5-7-16(19)2/h5-12H,4,13-15H2,1-3H3,(H,22,25). The van der Waals surface area contributed by atoms with Gasteiger partial charge in [0.05, 0.1) is 19.7 Å². The summed E-state index contributed by atoms with van der Waals surface area (Å²) in [5.41, 5.74) is 1.53. The van der Waals surface area contributed by atoms with Crippen molar-refractivity contribution in [1.29, 1.82) is 0 Å². The normalized spacial score (nSPS) is 10.2. The monoisotopic (exact) mass is 370 g/mol. The van der Waals surface area contributed by atoms with Crippen molar-refractivity contribution in [3.8, 4) is 11.5 Å². The molecule has 0 saturated heterocycles. The van der Waals surface area contributed by atoms with Crippen molar-refractivity contribution >= 4 is 11.8 Å². The van der Waals surface area contributed by atoms with Gasteiger partial charge in [0.15, 0.2) is 0 Å². The van der Waals surface area contributed by atoms with Crippen LogP contribution in [0.3, 0.4) is 0 Å². The van der Waals surface area contributed by atoms with Crippen LogP contribution in [0, 0.1) is 6.92 Å². The molecule has 0 aliphatic carbocycles. The molecule has 2 rings (SSSR count). The summed E-state index contributed by atoms with van der Waals surface area (Å²) >= 11 is 0. The molecule has 0 aromatic heterocycles. The summed E-state index contributed by atoms with van der Waals surface area (Å²) in [6, 6.07) is 14.5. The Kier molecular flexibility index (Phi) is 7.67. The number of aryl methyl sites for hydroxylation is 1. The Bertz CT molecular complexity index is 759. The Morgan fingerprint density at radius 1 is 1.04 bits per heavy atom. The summed E-state index contributed by atoms with van der Waals surface area (Å²) in [4.78, 5) is 25.8. The third-order valence-corrected chi connectivity index (χ3v) is 4.03. The molecule has 0 unspecified atom stereocenters. The number of hydrogen-bond acceptors (Lipinski definition) is 4. The average molecular weight is 370 g/mol. The minimum atomic E-state index is -0.295. The number of benzene rings is 2. The molecule has 0 aliphatic heterocycles. The van der Waals surface area contributed by atoms with Crippen LogP contribution in [0.25, 0.3) is 0 Å². The molecule has 0 bridgehead atoms. The molecule has 0 fully saturated rings. The molecule has 2 aromatic rings. The highest BCUT2D eigenvalue weighted by atomic mass is 16.5. The first kappa shape index (κ1) is 20.3. The number of para-hydroxylation sites is 1. The highest BCUT2D eigenvalue weighted by Crippen LogP contribution is 2.15. The van der Waals surface area contributed by atoms with Crippen LogP contribution in [0.2, 0.25) is 0 Å². The molecule has 1 N–H and O–H groups in total. The van der Waals surface area contributed by atoms with E-state index in [-0.39, 0.29) is 18.4 Å². The Balaban J connectivity index is 1.73. The van der Waals surface area contributed by atoms with Crippen LogP contribution in [0.1, 0.15) is 22.8 Å². The van der Waals surface area contributed by atoms with Crippen molar-refractivity contribution in [2.45, 2.75) is 13.8 Å². The van der Waals surface area contributed by atoms with Gasteiger partial charge >= 0.3 is 0 Å². The van der Waals surface area contributed by atoms with Gasteiger partial charge in [-0.3, -0.25) is 9.59 Å². The Morgan fingerprint density at radius 3 is 2.41 bits per heavy atom. The van der Waals surface area contributed by atoms with Gasteiger partial charge in [-0.15, -0.1) is 0 Å². The number of likely N-dealkylation sites (N-methyl/N-ethyl adjacent to an activating group) is 1. The number of hydrogen-bond donors (Lipinski definition) is 1. The predicted octanol–water partition coefficient (Wildman–Crippen LogP) is 2.66. The van der Waals surface area contributed by atoms with Gasteiger partial charge in [-0.05, 0) is 49.7 Å². The van der Waals surface area contributed by atoms with Crippen molar-refractivity contribution in [2.75, 3.05) is 33.4 Å². The molecule has 0 aliphatic rings. The van der Waals surface area contributed by atoms with Gasteiger partial charge in [0.2, 0.25) is 5.91 Å². The van der Waals surface area contributed by atoms with Crippen molar-refractivity contribution in [2.24, 2.45) is 0 Å². The number of rotatable bonds is 9. The summed E-state index contributed by atoms with van der Waals surface area (Å²) in [6.45, 7) is 5.20. The van der Waals surface area contributed by atoms with Crippen molar-refractivity contribution in [1.82, 2.24) is 10.2 Å². The number of amides is 2. The predicted molar refractivity (Wildman–Crippen MR) is 104 cm³/mol. The Hall–Kier alpha value is -3.02. The van der Waals surface area contributed by atoms with Crippen LogP contribution in [0.4, 0.5) is 0 Å². The van der Waals surface area contributed by atoms with E-state index in [0.29, 0.717) is 31.1 Å². The van der Waals surface area contributed by atoms with E-state index in [9.17, 15) is 9.59 Å². The highest BCUT2D eigenvalue weighted by Gasteiger charge is 2.12. The van der Waals surface area contributed by atoms with Gasteiger partial charge in [0, 0.05) is 12.6 Å².